The van der Waals surface area contributed by atoms with Crippen molar-refractivity contribution in [2.45, 2.75) is 58.5 Å². The largest absolute Gasteiger partial charge is 0.367 e. The van der Waals surface area contributed by atoms with Gasteiger partial charge in [0.05, 0.1) is 11.4 Å². The van der Waals surface area contributed by atoms with Gasteiger partial charge in [-0.25, -0.2) is 9.48 Å². The first kappa shape index (κ1) is 31.0. The summed E-state index contributed by atoms with van der Waals surface area (Å²) in [4.78, 5) is 28.1. The fraction of sp³-hybridized carbons (Fsp3) is 0.361. The van der Waals surface area contributed by atoms with Crippen molar-refractivity contribution in [1.82, 2.24) is 14.7 Å². The summed E-state index contributed by atoms with van der Waals surface area (Å²) in [7, 11) is 1.59. The van der Waals surface area contributed by atoms with E-state index in [-0.39, 0.29) is 17.4 Å². The summed E-state index contributed by atoms with van der Waals surface area (Å²) in [6.45, 7) is 9.81. The maximum Gasteiger partial charge on any atom is 0.324 e. The number of methoxy groups -OCH3 is 1. The molecule has 44 heavy (non-hydrogen) atoms. The zero-order chi connectivity index (χ0) is 31.3. The highest BCUT2D eigenvalue weighted by molar-refractivity contribution is 5.99. The molecule has 0 unspecified atom stereocenters. The van der Waals surface area contributed by atoms with Crippen LogP contribution in [0.3, 0.4) is 0 Å². The summed E-state index contributed by atoms with van der Waals surface area (Å²) in [5.41, 5.74) is 5.59. The van der Waals surface area contributed by atoms with Crippen molar-refractivity contribution < 1.29 is 14.3 Å². The maximum atomic E-state index is 13.1. The molecule has 1 fully saturated rings. The predicted octanol–water partition coefficient (Wildman–Crippen LogP) is 7.29. The summed E-state index contributed by atoms with van der Waals surface area (Å²) < 4.78 is 7.34. The lowest BCUT2D eigenvalue weighted by Gasteiger charge is -2.34. The zero-order valence-electron chi connectivity index (χ0n) is 26.3. The fourth-order valence-corrected chi connectivity index (χ4v) is 5.59. The van der Waals surface area contributed by atoms with Crippen LogP contribution in [-0.4, -0.2) is 46.8 Å². The number of carbonyl (C=O) groups is 2. The number of amides is 3. The summed E-state index contributed by atoms with van der Waals surface area (Å²) in [6, 6.07) is 27.3. The Kier molecular flexibility index (Phi) is 9.49. The number of ether oxygens (including phenoxy) is 1. The van der Waals surface area contributed by atoms with E-state index in [1.807, 2.05) is 84.6 Å². The molecule has 1 aliphatic heterocycles. The molecule has 0 radical (unpaired) electrons. The van der Waals surface area contributed by atoms with Gasteiger partial charge in [-0.1, -0.05) is 80.9 Å². The van der Waals surface area contributed by atoms with E-state index in [1.165, 1.54) is 5.56 Å². The zero-order valence-corrected chi connectivity index (χ0v) is 26.3. The third kappa shape index (κ3) is 7.55. The Morgan fingerprint density at radius 2 is 1.59 bits per heavy atom. The lowest BCUT2D eigenvalue weighted by atomic mass is 9.90. The van der Waals surface area contributed by atoms with E-state index in [1.54, 1.807) is 11.8 Å². The topological polar surface area (TPSA) is 88.5 Å². The Labute approximate surface area is 260 Å². The van der Waals surface area contributed by atoms with E-state index in [0.717, 1.165) is 60.5 Å². The van der Waals surface area contributed by atoms with E-state index in [2.05, 4.69) is 43.5 Å². The molecule has 0 bridgehead atoms. The normalized spacial score (nSPS) is 14.7. The fourth-order valence-electron chi connectivity index (χ4n) is 5.59. The van der Waals surface area contributed by atoms with Crippen molar-refractivity contribution in [3.63, 3.8) is 0 Å². The van der Waals surface area contributed by atoms with Crippen LogP contribution in [0.5, 0.6) is 0 Å². The van der Waals surface area contributed by atoms with Crippen LogP contribution >= 0.6 is 0 Å². The van der Waals surface area contributed by atoms with Crippen molar-refractivity contribution in [1.29, 1.82) is 0 Å². The average molecular weight is 594 g/mol. The second-order valence-corrected chi connectivity index (χ2v) is 12.7. The molecule has 230 valence electrons. The van der Waals surface area contributed by atoms with Crippen LogP contribution in [0.4, 0.5) is 16.3 Å². The minimum atomic E-state index is -0.561. The Morgan fingerprint density at radius 1 is 0.932 bits per heavy atom. The second kappa shape index (κ2) is 13.5. The quantitative estimate of drug-likeness (QED) is 0.225. The number of nitrogens with zero attached hydrogens (tertiary/aromatic N) is 3. The van der Waals surface area contributed by atoms with Gasteiger partial charge in [0.2, 0.25) is 0 Å². The summed E-state index contributed by atoms with van der Waals surface area (Å²) in [6.07, 6.45) is 2.27. The molecule has 1 aliphatic rings. The van der Waals surface area contributed by atoms with E-state index in [0.29, 0.717) is 11.7 Å². The van der Waals surface area contributed by atoms with Gasteiger partial charge in [0.25, 0.3) is 5.91 Å². The third-order valence-electron chi connectivity index (χ3n) is 8.22. The lowest BCUT2D eigenvalue weighted by Crippen LogP contribution is -2.41. The molecule has 8 heteroatoms. The highest BCUT2D eigenvalue weighted by Crippen LogP contribution is 2.28. The molecule has 4 aromatic rings. The number of anilines is 2. The molecule has 0 spiro atoms. The van der Waals surface area contributed by atoms with Crippen LogP contribution in [0.1, 0.15) is 62.1 Å². The number of aryl methyl sites for hydroxylation is 1. The SMILES string of the molecule is CO[C@H](C(=O)N1CCC(Cc2ccc(NC(=O)Nc3cc(C(C)(C)C)nn3-c3ccc(C)cc3)cc2)CC1)c1ccccc1. The molecule has 3 amide bonds. The van der Waals surface area contributed by atoms with Crippen molar-refractivity contribution in [3.05, 3.63) is 107 Å². The second-order valence-electron chi connectivity index (χ2n) is 12.7. The molecule has 8 nitrogen and oxygen atoms in total. The molecule has 1 atom stereocenters. The van der Waals surface area contributed by atoms with Gasteiger partial charge >= 0.3 is 6.03 Å². The van der Waals surface area contributed by atoms with Gasteiger partial charge in [0, 0.05) is 37.4 Å². The van der Waals surface area contributed by atoms with Crippen LogP contribution in [0.2, 0.25) is 0 Å². The van der Waals surface area contributed by atoms with Gasteiger partial charge in [-0.05, 0) is 67.5 Å². The van der Waals surface area contributed by atoms with E-state index in [9.17, 15) is 9.59 Å². The molecule has 5 rings (SSSR count). The number of benzene rings is 3. The highest BCUT2D eigenvalue weighted by Gasteiger charge is 2.29. The molecule has 0 aliphatic carbocycles. The number of aromatic nitrogens is 2. The maximum absolute atomic E-state index is 13.1. The van der Waals surface area contributed by atoms with E-state index < -0.39 is 6.10 Å². The van der Waals surface area contributed by atoms with Gasteiger partial charge < -0.3 is 15.0 Å². The standard InChI is InChI=1S/C36H43N5O3/c1-25-11-17-30(18-12-25)41-32(24-31(39-41)36(2,3)4)38-35(43)37-29-15-13-26(14-16-29)23-27-19-21-40(22-20-27)34(42)33(44-5)28-9-7-6-8-10-28/h6-18,24,27,33H,19-23H2,1-5H3,(H2,37,38,43)/t33-/m0/s1. The van der Waals surface area contributed by atoms with Crippen LogP contribution in [0.15, 0.2) is 84.9 Å². The van der Waals surface area contributed by atoms with E-state index >= 15 is 0 Å². The number of hydrogen-bond donors (Lipinski definition) is 2. The Balaban J connectivity index is 1.15. The van der Waals surface area contributed by atoms with Crippen LogP contribution in [0, 0.1) is 12.8 Å². The monoisotopic (exact) mass is 593 g/mol. The first-order chi connectivity index (χ1) is 21.1. The molecular formula is C36H43N5O3. The van der Waals surface area contributed by atoms with Gasteiger partial charge in [0.1, 0.15) is 5.82 Å². The number of likely N-dealkylation sites (tertiary alicyclic amines) is 1. The molecule has 2 heterocycles. The summed E-state index contributed by atoms with van der Waals surface area (Å²) in [5.74, 6) is 1.14. The predicted molar refractivity (Wildman–Crippen MR) is 175 cm³/mol. The number of piperidine rings is 1. The number of rotatable bonds is 8. The number of carbonyl (C=O) groups excluding carboxylic acids is 2. The average Bonchev–Trinajstić information content (AvgIpc) is 3.44. The molecule has 1 aromatic heterocycles. The van der Waals surface area contributed by atoms with E-state index in [4.69, 9.17) is 9.84 Å². The molecule has 2 N–H and O–H groups in total. The lowest BCUT2D eigenvalue weighted by molar-refractivity contribution is -0.143. The van der Waals surface area contributed by atoms with Crippen molar-refractivity contribution in [2.24, 2.45) is 5.92 Å². The summed E-state index contributed by atoms with van der Waals surface area (Å²) in [5, 5.41) is 10.7. The first-order valence-electron chi connectivity index (χ1n) is 15.3. The minimum Gasteiger partial charge on any atom is -0.367 e. The van der Waals surface area contributed by atoms with Crippen LogP contribution in [0.25, 0.3) is 5.69 Å². The highest BCUT2D eigenvalue weighted by atomic mass is 16.5. The number of urea groups is 1. The number of hydrogen-bond acceptors (Lipinski definition) is 4. The van der Waals surface area contributed by atoms with Crippen molar-refractivity contribution in [2.75, 3.05) is 30.8 Å². The van der Waals surface area contributed by atoms with Gasteiger partial charge in [0.15, 0.2) is 6.10 Å². The van der Waals surface area contributed by atoms with Gasteiger partial charge in [-0.2, -0.15) is 5.10 Å². The first-order valence-corrected chi connectivity index (χ1v) is 15.3. The Hall–Kier alpha value is -4.43. The third-order valence-corrected chi connectivity index (χ3v) is 8.22. The Bertz CT molecular complexity index is 1550. The van der Waals surface area contributed by atoms with Crippen LogP contribution in [-0.2, 0) is 21.4 Å². The van der Waals surface area contributed by atoms with Crippen LogP contribution < -0.4 is 10.6 Å². The van der Waals surface area contributed by atoms with Gasteiger partial charge in [-0.15, -0.1) is 0 Å². The smallest absolute Gasteiger partial charge is 0.324 e. The molecule has 1 saturated heterocycles. The number of nitrogens with one attached hydrogen (secondary N) is 2. The van der Waals surface area contributed by atoms with Crippen molar-refractivity contribution in [3.8, 4) is 5.69 Å². The van der Waals surface area contributed by atoms with Gasteiger partial charge in [-0.3, -0.25) is 10.1 Å². The minimum absolute atomic E-state index is 0.0300. The molecule has 3 aromatic carbocycles. The molecular weight excluding hydrogens is 550 g/mol. The Morgan fingerprint density at radius 3 is 2.20 bits per heavy atom. The van der Waals surface area contributed by atoms with Crippen molar-refractivity contribution >= 4 is 23.4 Å². The molecule has 0 saturated carbocycles. The summed E-state index contributed by atoms with van der Waals surface area (Å²) >= 11 is 0.